The van der Waals surface area contributed by atoms with E-state index < -0.39 is 0 Å². The molecule has 2 aromatic carbocycles. The fourth-order valence-electron chi connectivity index (χ4n) is 11.3. The van der Waals surface area contributed by atoms with Crippen molar-refractivity contribution in [3.63, 3.8) is 0 Å². The monoisotopic (exact) mass is 1200 g/mol. The summed E-state index contributed by atoms with van der Waals surface area (Å²) in [6.45, 7) is 61.1. The van der Waals surface area contributed by atoms with E-state index in [1.807, 2.05) is 53.0 Å². The van der Waals surface area contributed by atoms with Crippen molar-refractivity contribution in [2.24, 2.45) is 0 Å². The van der Waals surface area contributed by atoms with Crippen molar-refractivity contribution in [1.82, 2.24) is 0 Å². The molecule has 0 aliphatic heterocycles. The van der Waals surface area contributed by atoms with Crippen LogP contribution in [0.4, 0.5) is 0 Å². The summed E-state index contributed by atoms with van der Waals surface area (Å²) in [6, 6.07) is 23.3. The molecule has 2 aliphatic carbocycles. The molecule has 4 aromatic rings. The van der Waals surface area contributed by atoms with E-state index in [1.165, 1.54) is 51.8 Å². The Morgan fingerprint density at radius 3 is 1.02 bits per heavy atom. The van der Waals surface area contributed by atoms with Crippen molar-refractivity contribution >= 4 is 88.6 Å². The molecule has 0 saturated carbocycles. The summed E-state index contributed by atoms with van der Waals surface area (Å²) in [5.41, 5.74) is 13.4. The van der Waals surface area contributed by atoms with E-state index in [1.54, 1.807) is 16.7 Å². The van der Waals surface area contributed by atoms with Gasteiger partial charge in [0.15, 0.2) is 0 Å². The molecule has 2 aliphatic rings. The van der Waals surface area contributed by atoms with Crippen molar-refractivity contribution in [2.45, 2.75) is 223 Å². The molecule has 0 fully saturated rings. The summed E-state index contributed by atoms with van der Waals surface area (Å²) in [5, 5.41) is 2.70. The second-order valence-corrected chi connectivity index (χ2v) is 36.5. The Kier molecular flexibility index (Phi) is 28.1. The Morgan fingerprint density at radius 2 is 0.773 bits per heavy atom. The first-order chi connectivity index (χ1) is 28.4. The Balaban J connectivity index is 0. The molecule has 0 amide bonds. The van der Waals surface area contributed by atoms with Gasteiger partial charge >= 0.3 is 23.1 Å². The van der Waals surface area contributed by atoms with Crippen LogP contribution in [0.5, 0.6) is 0 Å². The van der Waals surface area contributed by atoms with Crippen LogP contribution in [0.1, 0.15) is 210 Å². The fourth-order valence-corrected chi connectivity index (χ4v) is 26.8. The van der Waals surface area contributed by atoms with Crippen molar-refractivity contribution < 1.29 is 37.4 Å². The van der Waals surface area contributed by atoms with E-state index in [0.717, 1.165) is 0 Å². The quantitative estimate of drug-likeness (QED) is 0.101. The topological polar surface area (TPSA) is 0 Å². The third-order valence-corrected chi connectivity index (χ3v) is 23.8. The van der Waals surface area contributed by atoms with Crippen molar-refractivity contribution in [1.29, 1.82) is 0 Å². The Labute approximate surface area is 468 Å². The summed E-state index contributed by atoms with van der Waals surface area (Å²) in [4.78, 5) is 4.45. The Hall–Kier alpha value is 0.569. The number of benzene rings is 2. The summed E-state index contributed by atoms with van der Waals surface area (Å²) >= 11 is 7.45. The predicted octanol–water partition coefficient (Wildman–Crippen LogP) is 18.2. The van der Waals surface area contributed by atoms with E-state index in [9.17, 15) is 0 Å². The summed E-state index contributed by atoms with van der Waals surface area (Å²) in [6.07, 6.45) is 0. The minimum atomic E-state index is 0. The summed E-state index contributed by atoms with van der Waals surface area (Å²) < 4.78 is 1.30. The predicted molar refractivity (Wildman–Crippen MR) is 308 cm³/mol. The van der Waals surface area contributed by atoms with Gasteiger partial charge in [-0.25, -0.2) is 0 Å². The maximum absolute atomic E-state index is 3.61. The molecule has 0 saturated heterocycles. The molecule has 0 nitrogen and oxygen atoms in total. The number of thiophene rings is 2. The van der Waals surface area contributed by atoms with Crippen molar-refractivity contribution in [2.75, 3.05) is 0 Å². The molecule has 0 N–H and O–H groups in total. The van der Waals surface area contributed by atoms with Gasteiger partial charge < -0.3 is 17.0 Å². The van der Waals surface area contributed by atoms with Crippen LogP contribution in [0, 0.1) is 19.9 Å². The van der Waals surface area contributed by atoms with Crippen LogP contribution in [0.2, 0.25) is 0 Å². The zero-order valence-electron chi connectivity index (χ0n) is 46.4. The average Bonchev–Trinajstić information content (AvgIpc) is 3.75. The number of rotatable bonds is 1. The first kappa shape index (κ1) is 68.6. The first-order valence-corrected chi connectivity index (χ1v) is 28.3. The van der Waals surface area contributed by atoms with Crippen molar-refractivity contribution in [3.05, 3.63) is 114 Å². The number of hydrogen-bond donors (Lipinski definition) is 0. The largest absolute Gasteiger partial charge is 2.00 e. The van der Waals surface area contributed by atoms with Gasteiger partial charge in [-0.2, -0.15) is 36.4 Å². The Morgan fingerprint density at radius 1 is 0.470 bits per heavy atom. The van der Waals surface area contributed by atoms with E-state index in [4.69, 9.17) is 0 Å². The van der Waals surface area contributed by atoms with E-state index in [0.29, 0.717) is 42.8 Å². The minimum Gasteiger partial charge on any atom is -1.00 e. The SMILES string of the molecule is CC(C)(C)P(C(C)(C)C)C(C)(C)C.CC(C)(C)P(C(C)(C)C)C(C)(C)C.CC1=C(C)C(C)c2c1sc(-c1ccccc1)c2C.CC1=C(C)C(C)c2c1sc(Br)c2C.[Br-].[Mg+2].[Pd].[c-]1ccccc1. The van der Waals surface area contributed by atoms with Gasteiger partial charge in [0.2, 0.25) is 0 Å². The first-order valence-electron chi connectivity index (χ1n) is 23.2. The second kappa shape index (κ2) is 27.0. The summed E-state index contributed by atoms with van der Waals surface area (Å²) in [5.74, 6) is 1.21. The smallest absolute Gasteiger partial charge is 1.00 e. The van der Waals surface area contributed by atoms with Crippen LogP contribution in [0.3, 0.4) is 0 Å². The molecular weight excluding hydrogens is 1110 g/mol. The zero-order valence-corrected chi connectivity index (χ0v) is 56.0. The van der Waals surface area contributed by atoms with Crippen LogP contribution in [-0.4, -0.2) is 54.0 Å². The van der Waals surface area contributed by atoms with Gasteiger partial charge in [-0.05, 0) is 127 Å². The third kappa shape index (κ3) is 18.6. The molecule has 6 rings (SSSR count). The van der Waals surface area contributed by atoms with Gasteiger partial charge in [-0.15, -0.1) is 22.7 Å². The fraction of sp³-hybridized carbons (Fsp3) is 0.586. The maximum atomic E-state index is 3.61. The zero-order chi connectivity index (χ0) is 49.0. The van der Waals surface area contributed by atoms with Gasteiger partial charge in [0.1, 0.15) is 0 Å². The van der Waals surface area contributed by atoms with Crippen LogP contribution in [0.25, 0.3) is 21.6 Å². The molecule has 2 atom stereocenters. The molecule has 2 heterocycles. The van der Waals surface area contributed by atoms with Crippen LogP contribution >= 0.6 is 54.4 Å². The summed E-state index contributed by atoms with van der Waals surface area (Å²) in [7, 11) is 0.0324. The van der Waals surface area contributed by atoms with E-state index in [-0.39, 0.29) is 76.3 Å². The van der Waals surface area contributed by atoms with Crippen molar-refractivity contribution in [3.8, 4) is 10.4 Å². The second-order valence-electron chi connectivity index (χ2n) is 23.7. The van der Waals surface area contributed by atoms with Crippen LogP contribution in [-0.2, 0) is 20.4 Å². The number of halogens is 2. The van der Waals surface area contributed by atoms with Gasteiger partial charge in [-0.3, -0.25) is 0 Å². The van der Waals surface area contributed by atoms with E-state index >= 15 is 0 Å². The number of allylic oxidation sites excluding steroid dienone is 4. The van der Waals surface area contributed by atoms with Gasteiger partial charge in [-0.1, -0.05) is 196 Å². The average molecular weight is 1200 g/mol. The van der Waals surface area contributed by atoms with Crippen LogP contribution in [0.15, 0.2) is 75.6 Å². The standard InChI is InChI=1S/C17H18S.2C12H27P.C11H13BrS.C6H5.BrH.Mg.Pd/c1-10-11(2)15-13(4)16(18-17(15)12(10)3)14-8-6-5-7-9-14;2*1-10(2,3)13(11(4,5)6)12(7,8)9;1-5-6(2)9-8(4)11(12)13-10(9)7(5)3;1-2-4-6-5-3-1;;;/h5-9,11H,1-4H3;2*1-9H3;6H,1-4H3;1-5H;1H;;/q;;;;-1;;+2;/p-1. The molecule has 0 radical (unpaired) electrons. The molecule has 0 bridgehead atoms. The third-order valence-electron chi connectivity index (χ3n) is 12.0. The maximum Gasteiger partial charge on any atom is 2.00 e. The number of hydrogen-bond acceptors (Lipinski definition) is 2. The molecule has 2 unspecified atom stereocenters. The molecule has 0 spiro atoms. The van der Waals surface area contributed by atoms with E-state index in [2.05, 4.69) is 232 Å². The number of fused-ring (bicyclic) bond motifs is 2. The molecular formula is C58H90Br2MgP2PdS2. The molecule has 66 heavy (non-hydrogen) atoms. The van der Waals surface area contributed by atoms with Gasteiger partial charge in [0, 0.05) is 46.9 Å². The Bertz CT molecular complexity index is 2010. The normalized spacial score (nSPS) is 15.9. The van der Waals surface area contributed by atoms with Crippen LogP contribution < -0.4 is 17.0 Å². The molecule has 8 heteroatoms. The van der Waals surface area contributed by atoms with Gasteiger partial charge in [0.25, 0.3) is 0 Å². The van der Waals surface area contributed by atoms with Gasteiger partial charge in [0.05, 0.1) is 3.79 Å². The molecule has 2 aromatic heterocycles. The molecule has 370 valence electrons. The minimum absolute atomic E-state index is 0.